The van der Waals surface area contributed by atoms with Crippen LogP contribution in [0.3, 0.4) is 0 Å². The predicted molar refractivity (Wildman–Crippen MR) is 70.3 cm³/mol. The fourth-order valence-corrected chi connectivity index (χ4v) is 4.55. The first-order valence-electron chi connectivity index (χ1n) is 6.16. The Labute approximate surface area is 106 Å². The van der Waals surface area contributed by atoms with Crippen LogP contribution in [0.4, 0.5) is 0 Å². The Kier molecular flexibility index (Phi) is 2.49. The molecule has 2 nitrogen and oxygen atoms in total. The first-order valence-corrected chi connectivity index (χ1v) is 7.04. The van der Waals surface area contributed by atoms with Crippen molar-refractivity contribution in [3.63, 3.8) is 0 Å². The molecule has 3 rings (SSSR count). The zero-order valence-corrected chi connectivity index (χ0v) is 11.1. The van der Waals surface area contributed by atoms with E-state index in [1.54, 1.807) is 6.08 Å². The van der Waals surface area contributed by atoms with Crippen molar-refractivity contribution in [2.45, 2.75) is 37.8 Å². The minimum absolute atomic E-state index is 0.0738. The number of ketones is 1. The van der Waals surface area contributed by atoms with Crippen molar-refractivity contribution in [2.24, 2.45) is 0 Å². The molecule has 1 aromatic rings. The minimum atomic E-state index is 0.0738. The third-order valence-electron chi connectivity index (χ3n) is 4.26. The lowest BCUT2D eigenvalue weighted by Gasteiger charge is -2.48. The van der Waals surface area contributed by atoms with E-state index in [-0.39, 0.29) is 11.2 Å². The molecule has 0 bridgehead atoms. The molecule has 2 heterocycles. The molecule has 17 heavy (non-hydrogen) atoms. The Morgan fingerprint density at radius 1 is 1.59 bits per heavy atom. The zero-order chi connectivity index (χ0) is 12.0. The van der Waals surface area contributed by atoms with Crippen molar-refractivity contribution < 1.29 is 4.79 Å². The SMILES string of the molecule is CC[C@]12C=CC(=O)C[C@@H]1N(C)Cc1ccsc12. The van der Waals surface area contributed by atoms with Crippen LogP contribution >= 0.6 is 11.3 Å². The molecule has 0 fully saturated rings. The molecule has 0 unspecified atom stereocenters. The van der Waals surface area contributed by atoms with Gasteiger partial charge >= 0.3 is 0 Å². The molecular weight excluding hydrogens is 230 g/mol. The zero-order valence-electron chi connectivity index (χ0n) is 10.3. The van der Waals surface area contributed by atoms with E-state index in [1.165, 1.54) is 10.4 Å². The molecule has 1 aromatic heterocycles. The van der Waals surface area contributed by atoms with Crippen LogP contribution in [0.2, 0.25) is 0 Å². The highest BCUT2D eigenvalue weighted by Gasteiger charge is 2.47. The van der Waals surface area contributed by atoms with E-state index in [0.717, 1.165) is 13.0 Å². The molecule has 2 aliphatic rings. The second kappa shape index (κ2) is 3.79. The first kappa shape index (κ1) is 11.2. The molecule has 0 saturated heterocycles. The lowest BCUT2D eigenvalue weighted by Crippen LogP contribution is -2.53. The largest absolute Gasteiger partial charge is 0.297 e. The Hall–Kier alpha value is -0.930. The van der Waals surface area contributed by atoms with Crippen LogP contribution in [-0.2, 0) is 16.8 Å². The molecule has 1 aliphatic heterocycles. The second-order valence-electron chi connectivity index (χ2n) is 5.10. The van der Waals surface area contributed by atoms with Gasteiger partial charge in [-0.2, -0.15) is 0 Å². The molecule has 0 spiro atoms. The van der Waals surface area contributed by atoms with Crippen LogP contribution in [0.1, 0.15) is 30.2 Å². The van der Waals surface area contributed by atoms with E-state index in [9.17, 15) is 4.79 Å². The van der Waals surface area contributed by atoms with Gasteiger partial charge in [0.05, 0.1) is 0 Å². The van der Waals surface area contributed by atoms with E-state index in [4.69, 9.17) is 0 Å². The van der Waals surface area contributed by atoms with E-state index < -0.39 is 0 Å². The summed E-state index contributed by atoms with van der Waals surface area (Å²) in [5, 5.41) is 2.18. The van der Waals surface area contributed by atoms with Crippen molar-refractivity contribution in [2.75, 3.05) is 7.05 Å². The maximum absolute atomic E-state index is 11.7. The van der Waals surface area contributed by atoms with Gasteiger partial charge in [0.25, 0.3) is 0 Å². The van der Waals surface area contributed by atoms with E-state index in [2.05, 4.69) is 36.4 Å². The maximum Gasteiger partial charge on any atom is 0.157 e. The summed E-state index contributed by atoms with van der Waals surface area (Å²) in [5.41, 5.74) is 1.51. The second-order valence-corrected chi connectivity index (χ2v) is 6.02. The highest BCUT2D eigenvalue weighted by Crippen LogP contribution is 2.47. The van der Waals surface area contributed by atoms with Gasteiger partial charge < -0.3 is 0 Å². The average molecular weight is 247 g/mol. The molecule has 90 valence electrons. The van der Waals surface area contributed by atoms with E-state index in [1.807, 2.05) is 11.3 Å². The summed E-state index contributed by atoms with van der Waals surface area (Å²) in [6.07, 6.45) is 5.69. The van der Waals surface area contributed by atoms with Crippen LogP contribution < -0.4 is 0 Å². The van der Waals surface area contributed by atoms with Gasteiger partial charge in [-0.3, -0.25) is 9.69 Å². The standard InChI is InChI=1S/C14H17NOS/c1-3-14-6-4-11(16)8-12(14)15(2)9-10-5-7-17-13(10)14/h4-7,12H,3,8-9H2,1-2H3/t12-,14-/m0/s1. The van der Waals surface area contributed by atoms with Crippen molar-refractivity contribution in [1.29, 1.82) is 0 Å². The number of likely N-dealkylation sites (N-methyl/N-ethyl adjacent to an activating group) is 1. The van der Waals surface area contributed by atoms with Gasteiger partial charge in [0.2, 0.25) is 0 Å². The quantitative estimate of drug-likeness (QED) is 0.760. The Bertz CT molecular complexity index is 490. The van der Waals surface area contributed by atoms with Crippen LogP contribution in [-0.4, -0.2) is 23.8 Å². The molecule has 0 radical (unpaired) electrons. The van der Waals surface area contributed by atoms with Gasteiger partial charge in [0, 0.05) is 29.3 Å². The third kappa shape index (κ3) is 1.45. The van der Waals surface area contributed by atoms with Gasteiger partial charge in [0.1, 0.15) is 0 Å². The fourth-order valence-electron chi connectivity index (χ4n) is 3.33. The minimum Gasteiger partial charge on any atom is -0.297 e. The van der Waals surface area contributed by atoms with E-state index >= 15 is 0 Å². The normalized spacial score (nSPS) is 32.4. The van der Waals surface area contributed by atoms with Crippen molar-refractivity contribution >= 4 is 17.1 Å². The molecule has 3 heteroatoms. The highest BCUT2D eigenvalue weighted by molar-refractivity contribution is 7.10. The van der Waals surface area contributed by atoms with Crippen LogP contribution in [0.25, 0.3) is 0 Å². The Morgan fingerprint density at radius 2 is 2.41 bits per heavy atom. The molecule has 2 atom stereocenters. The summed E-state index contributed by atoms with van der Waals surface area (Å²) in [7, 11) is 2.14. The lowest BCUT2D eigenvalue weighted by atomic mass is 9.68. The highest BCUT2D eigenvalue weighted by atomic mass is 32.1. The predicted octanol–water partition coefficient (Wildman–Crippen LogP) is 2.74. The number of thiophene rings is 1. The van der Waals surface area contributed by atoms with Gasteiger partial charge in [0.15, 0.2) is 5.78 Å². The van der Waals surface area contributed by atoms with Gasteiger partial charge in [-0.1, -0.05) is 13.0 Å². The average Bonchev–Trinajstić information content (AvgIpc) is 2.78. The van der Waals surface area contributed by atoms with E-state index in [0.29, 0.717) is 12.5 Å². The summed E-state index contributed by atoms with van der Waals surface area (Å²) in [6, 6.07) is 2.57. The van der Waals surface area contributed by atoms with Crippen LogP contribution in [0.15, 0.2) is 23.6 Å². The summed E-state index contributed by atoms with van der Waals surface area (Å²) in [4.78, 5) is 15.5. The number of hydrogen-bond donors (Lipinski definition) is 0. The molecule has 0 N–H and O–H groups in total. The maximum atomic E-state index is 11.7. The van der Waals surface area contributed by atoms with Crippen LogP contribution in [0, 0.1) is 0 Å². The number of carbonyl (C=O) groups excluding carboxylic acids is 1. The number of fused-ring (bicyclic) bond motifs is 3. The van der Waals surface area contributed by atoms with Gasteiger partial charge in [-0.05, 0) is 36.6 Å². The summed E-state index contributed by atoms with van der Waals surface area (Å²) < 4.78 is 0. The monoisotopic (exact) mass is 247 g/mol. The van der Waals surface area contributed by atoms with Crippen molar-refractivity contribution in [3.8, 4) is 0 Å². The van der Waals surface area contributed by atoms with Crippen molar-refractivity contribution in [1.82, 2.24) is 4.90 Å². The molecule has 1 aliphatic carbocycles. The Balaban J connectivity index is 2.20. The third-order valence-corrected chi connectivity index (χ3v) is 5.41. The van der Waals surface area contributed by atoms with Gasteiger partial charge in [-0.15, -0.1) is 11.3 Å². The van der Waals surface area contributed by atoms with Crippen molar-refractivity contribution in [3.05, 3.63) is 34.0 Å². The Morgan fingerprint density at radius 3 is 3.18 bits per heavy atom. The number of hydrogen-bond acceptors (Lipinski definition) is 3. The van der Waals surface area contributed by atoms with Gasteiger partial charge in [-0.25, -0.2) is 0 Å². The molecule has 0 aromatic carbocycles. The summed E-state index contributed by atoms with van der Waals surface area (Å²) >= 11 is 1.85. The summed E-state index contributed by atoms with van der Waals surface area (Å²) in [5.74, 6) is 0.269. The number of allylic oxidation sites excluding steroid dienone is 1. The molecule has 0 amide bonds. The van der Waals surface area contributed by atoms with Crippen LogP contribution in [0.5, 0.6) is 0 Å². The topological polar surface area (TPSA) is 20.3 Å². The summed E-state index contributed by atoms with van der Waals surface area (Å²) in [6.45, 7) is 3.21. The smallest absolute Gasteiger partial charge is 0.157 e. The first-order chi connectivity index (χ1) is 8.17. The molecule has 0 saturated carbocycles. The number of carbonyl (C=O) groups is 1. The molecular formula is C14H17NOS. The number of rotatable bonds is 1. The fraction of sp³-hybridized carbons (Fsp3) is 0.500. The number of nitrogens with zero attached hydrogens (tertiary/aromatic N) is 1. The lowest BCUT2D eigenvalue weighted by molar-refractivity contribution is -0.117.